The first-order valence-electron chi connectivity index (χ1n) is 7.93. The number of hydrogen-bond donors (Lipinski definition) is 6. The van der Waals surface area contributed by atoms with Crippen LogP contribution < -0.4 is 27.4 Å². The van der Waals surface area contributed by atoms with Crippen LogP contribution in [0.2, 0.25) is 0 Å². The number of nitrogens with zero attached hydrogens (tertiary/aromatic N) is 1. The van der Waals surface area contributed by atoms with Crippen molar-refractivity contribution in [1.29, 1.82) is 0 Å². The van der Waals surface area contributed by atoms with Gasteiger partial charge in [0.05, 0.1) is 6.04 Å². The quantitative estimate of drug-likeness (QED) is 0.158. The van der Waals surface area contributed by atoms with E-state index in [9.17, 15) is 14.4 Å². The normalized spacial score (nSPS) is 19.1. The van der Waals surface area contributed by atoms with Crippen LogP contribution in [0.3, 0.4) is 0 Å². The third kappa shape index (κ3) is 6.82. The molecule has 0 aromatic carbocycles. The lowest BCUT2D eigenvalue weighted by atomic mass is 10.1. The van der Waals surface area contributed by atoms with Crippen LogP contribution in [0.25, 0.3) is 0 Å². The van der Waals surface area contributed by atoms with Crippen LogP contribution in [-0.4, -0.2) is 60.1 Å². The summed E-state index contributed by atoms with van der Waals surface area (Å²) in [6, 6.07) is -2.18. The predicted octanol–water partition coefficient (Wildman–Crippen LogP) is -2.13. The Labute approximate surface area is 140 Å². The van der Waals surface area contributed by atoms with Gasteiger partial charge in [0, 0.05) is 6.54 Å². The summed E-state index contributed by atoms with van der Waals surface area (Å²) in [7, 11) is 0. The molecule has 1 fully saturated rings. The molecular weight excluding hydrogens is 316 g/mol. The summed E-state index contributed by atoms with van der Waals surface area (Å²) in [4.78, 5) is 39.0. The third-order valence-electron chi connectivity index (χ3n) is 3.69. The second-order valence-corrected chi connectivity index (χ2v) is 5.73. The molecule has 1 saturated heterocycles. The number of carbonyl (C=O) groups excluding carboxylic acids is 2. The molecule has 10 heteroatoms. The van der Waals surface area contributed by atoms with E-state index in [-0.39, 0.29) is 30.9 Å². The van der Waals surface area contributed by atoms with Crippen molar-refractivity contribution < 1.29 is 19.5 Å². The SMILES string of the molecule is CC(NC(=O)C1CCCN1)C(=O)NC(CCCN=C(N)N)C(=O)O. The van der Waals surface area contributed by atoms with Crippen molar-refractivity contribution in [3.63, 3.8) is 0 Å². The van der Waals surface area contributed by atoms with E-state index in [4.69, 9.17) is 16.6 Å². The maximum absolute atomic E-state index is 12.1. The first kappa shape index (κ1) is 19.7. The van der Waals surface area contributed by atoms with Crippen LogP contribution >= 0.6 is 0 Å². The Morgan fingerprint density at radius 2 is 2.04 bits per heavy atom. The minimum atomic E-state index is -1.15. The largest absolute Gasteiger partial charge is 0.480 e. The van der Waals surface area contributed by atoms with Crippen LogP contribution in [0.4, 0.5) is 0 Å². The molecule has 3 unspecified atom stereocenters. The average molecular weight is 342 g/mol. The molecule has 1 aliphatic rings. The van der Waals surface area contributed by atoms with Gasteiger partial charge in [-0.1, -0.05) is 0 Å². The molecule has 0 aromatic heterocycles. The number of rotatable bonds is 9. The standard InChI is InChI=1S/C14H26N6O4/c1-8(19-12(22)9-4-2-6-17-9)11(21)20-10(13(23)24)5-3-7-18-14(15)16/h8-10,17H,2-7H2,1H3,(H,19,22)(H,20,21)(H,23,24)(H4,15,16,18). The number of carbonyl (C=O) groups is 3. The van der Waals surface area contributed by atoms with Crippen LogP contribution in [-0.2, 0) is 14.4 Å². The van der Waals surface area contributed by atoms with Crippen molar-refractivity contribution in [3.05, 3.63) is 0 Å². The van der Waals surface area contributed by atoms with Crippen LogP contribution in [0.15, 0.2) is 4.99 Å². The van der Waals surface area contributed by atoms with Gasteiger partial charge in [0.25, 0.3) is 0 Å². The van der Waals surface area contributed by atoms with Gasteiger partial charge >= 0.3 is 5.97 Å². The number of hydrogen-bond acceptors (Lipinski definition) is 5. The molecule has 0 radical (unpaired) electrons. The number of nitrogens with one attached hydrogen (secondary N) is 3. The van der Waals surface area contributed by atoms with Crippen LogP contribution in [0.5, 0.6) is 0 Å². The van der Waals surface area contributed by atoms with Gasteiger partial charge in [0.2, 0.25) is 11.8 Å². The number of amides is 2. The second-order valence-electron chi connectivity index (χ2n) is 5.73. The topological polar surface area (TPSA) is 172 Å². The molecule has 24 heavy (non-hydrogen) atoms. The number of nitrogens with two attached hydrogens (primary N) is 2. The summed E-state index contributed by atoms with van der Waals surface area (Å²) < 4.78 is 0. The zero-order chi connectivity index (χ0) is 18.1. The fourth-order valence-electron chi connectivity index (χ4n) is 2.35. The number of guanidine groups is 1. The molecule has 136 valence electrons. The van der Waals surface area contributed by atoms with Crippen molar-refractivity contribution in [2.24, 2.45) is 16.5 Å². The van der Waals surface area contributed by atoms with Gasteiger partial charge in [0.1, 0.15) is 12.1 Å². The van der Waals surface area contributed by atoms with Gasteiger partial charge in [-0.05, 0) is 39.2 Å². The van der Waals surface area contributed by atoms with Gasteiger partial charge in [-0.2, -0.15) is 0 Å². The molecule has 1 heterocycles. The van der Waals surface area contributed by atoms with E-state index in [0.29, 0.717) is 6.42 Å². The Morgan fingerprint density at radius 1 is 1.33 bits per heavy atom. The van der Waals surface area contributed by atoms with Crippen molar-refractivity contribution in [3.8, 4) is 0 Å². The lowest BCUT2D eigenvalue weighted by Gasteiger charge is -2.20. The summed E-state index contributed by atoms with van der Waals surface area (Å²) in [5.41, 5.74) is 10.4. The Morgan fingerprint density at radius 3 is 2.58 bits per heavy atom. The van der Waals surface area contributed by atoms with Crippen molar-refractivity contribution >= 4 is 23.7 Å². The van der Waals surface area contributed by atoms with E-state index >= 15 is 0 Å². The highest BCUT2D eigenvalue weighted by Gasteiger charge is 2.27. The summed E-state index contributed by atoms with van der Waals surface area (Å²) in [6.45, 7) is 2.57. The fourth-order valence-corrected chi connectivity index (χ4v) is 2.35. The number of aliphatic carboxylic acids is 1. The molecule has 8 N–H and O–H groups in total. The summed E-state index contributed by atoms with van der Waals surface area (Å²) in [5.74, 6) is -2.02. The molecule has 0 aromatic rings. The fraction of sp³-hybridized carbons (Fsp3) is 0.714. The molecule has 0 bridgehead atoms. The Hall–Kier alpha value is -2.36. The highest BCUT2D eigenvalue weighted by atomic mass is 16.4. The van der Waals surface area contributed by atoms with E-state index in [2.05, 4.69) is 20.9 Å². The van der Waals surface area contributed by atoms with Crippen LogP contribution in [0.1, 0.15) is 32.6 Å². The summed E-state index contributed by atoms with van der Waals surface area (Å²) in [6.07, 6.45) is 2.23. The highest BCUT2D eigenvalue weighted by molar-refractivity contribution is 5.91. The van der Waals surface area contributed by atoms with E-state index in [1.807, 2.05) is 0 Å². The number of aliphatic imine (C=N–C) groups is 1. The van der Waals surface area contributed by atoms with Gasteiger partial charge in [-0.25, -0.2) is 4.79 Å². The maximum Gasteiger partial charge on any atom is 0.326 e. The molecule has 0 spiro atoms. The first-order valence-corrected chi connectivity index (χ1v) is 7.93. The molecule has 10 nitrogen and oxygen atoms in total. The molecule has 0 aliphatic carbocycles. The number of carboxylic acid groups (broad SMARTS) is 1. The van der Waals surface area contributed by atoms with Gasteiger partial charge in [-0.3, -0.25) is 14.6 Å². The second kappa shape index (κ2) is 9.71. The average Bonchev–Trinajstić information content (AvgIpc) is 3.03. The number of carboxylic acids is 1. The van der Waals surface area contributed by atoms with Crippen molar-refractivity contribution in [2.45, 2.75) is 50.7 Å². The predicted molar refractivity (Wildman–Crippen MR) is 88.1 cm³/mol. The van der Waals surface area contributed by atoms with E-state index in [0.717, 1.165) is 19.4 Å². The minimum Gasteiger partial charge on any atom is -0.480 e. The Bertz CT molecular complexity index is 486. The molecule has 1 rings (SSSR count). The zero-order valence-electron chi connectivity index (χ0n) is 13.7. The molecule has 3 atom stereocenters. The smallest absolute Gasteiger partial charge is 0.326 e. The highest BCUT2D eigenvalue weighted by Crippen LogP contribution is 2.05. The van der Waals surface area contributed by atoms with E-state index < -0.39 is 24.0 Å². The van der Waals surface area contributed by atoms with E-state index in [1.165, 1.54) is 6.92 Å². The molecular formula is C14H26N6O4. The summed E-state index contributed by atoms with van der Waals surface area (Å²) in [5, 5.41) is 17.2. The van der Waals surface area contributed by atoms with Gasteiger partial charge in [-0.15, -0.1) is 0 Å². The maximum atomic E-state index is 12.1. The summed E-state index contributed by atoms with van der Waals surface area (Å²) >= 11 is 0. The Kier molecular flexibility index (Phi) is 7.96. The lowest BCUT2D eigenvalue weighted by molar-refractivity contribution is -0.142. The minimum absolute atomic E-state index is 0.0669. The molecule has 2 amide bonds. The van der Waals surface area contributed by atoms with Crippen molar-refractivity contribution in [1.82, 2.24) is 16.0 Å². The monoisotopic (exact) mass is 342 g/mol. The van der Waals surface area contributed by atoms with Gasteiger partial charge in [0.15, 0.2) is 5.96 Å². The van der Waals surface area contributed by atoms with E-state index in [1.54, 1.807) is 0 Å². The van der Waals surface area contributed by atoms with Gasteiger partial charge < -0.3 is 32.5 Å². The van der Waals surface area contributed by atoms with Crippen molar-refractivity contribution in [2.75, 3.05) is 13.1 Å². The van der Waals surface area contributed by atoms with Crippen LogP contribution in [0, 0.1) is 0 Å². The molecule has 0 saturated carbocycles. The Balaban J connectivity index is 2.43. The first-order chi connectivity index (χ1) is 11.3. The zero-order valence-corrected chi connectivity index (χ0v) is 13.7. The lowest BCUT2D eigenvalue weighted by Crippen LogP contribution is -2.53. The third-order valence-corrected chi connectivity index (χ3v) is 3.69. The molecule has 1 aliphatic heterocycles.